The van der Waals surface area contributed by atoms with Crippen molar-refractivity contribution in [3.63, 3.8) is 0 Å². The SMILES string of the molecule is CC.COc1cnc(C(F)F)cc1-c1cc(N2CCC3(CCC3)CC2=O)ncc1C(=O)NC1=NNC(C#CC2CC2)S1. The molecule has 6 rings (SSSR count). The number of nitrogens with zero attached hydrogens (tertiary/aromatic N) is 4. The minimum absolute atomic E-state index is 0.0299. The molecule has 2 N–H and O–H groups in total. The lowest BCUT2D eigenvalue weighted by molar-refractivity contribution is -0.124. The van der Waals surface area contributed by atoms with Gasteiger partial charge in [0.1, 0.15) is 17.3 Å². The van der Waals surface area contributed by atoms with Crippen molar-refractivity contribution in [3.05, 3.63) is 35.8 Å². The molecule has 4 aliphatic rings. The van der Waals surface area contributed by atoms with Gasteiger partial charge < -0.3 is 4.74 Å². The molecule has 2 aromatic heterocycles. The van der Waals surface area contributed by atoms with Crippen LogP contribution in [-0.4, -0.2) is 46.0 Å². The smallest absolute Gasteiger partial charge is 0.280 e. The van der Waals surface area contributed by atoms with Crippen LogP contribution in [0.4, 0.5) is 14.6 Å². The fraction of sp³-hybridized carbons (Fsp3) is 0.500. The first-order chi connectivity index (χ1) is 20.3. The number of methoxy groups -OCH3 is 1. The predicted molar refractivity (Wildman–Crippen MR) is 158 cm³/mol. The molecule has 2 amide bonds. The van der Waals surface area contributed by atoms with Crippen molar-refractivity contribution in [2.45, 2.75) is 70.6 Å². The summed E-state index contributed by atoms with van der Waals surface area (Å²) < 4.78 is 32.7. The molecule has 2 saturated carbocycles. The molecule has 12 heteroatoms. The predicted octanol–water partition coefficient (Wildman–Crippen LogP) is 5.49. The van der Waals surface area contributed by atoms with E-state index in [1.165, 1.54) is 37.3 Å². The van der Waals surface area contributed by atoms with Crippen molar-refractivity contribution in [1.29, 1.82) is 0 Å². The molecule has 0 bridgehead atoms. The van der Waals surface area contributed by atoms with Crippen molar-refractivity contribution in [1.82, 2.24) is 20.7 Å². The maximum Gasteiger partial charge on any atom is 0.280 e. The number of carbonyl (C=O) groups excluding carboxylic acids is 2. The van der Waals surface area contributed by atoms with E-state index in [0.717, 1.165) is 38.5 Å². The first-order valence-corrected chi connectivity index (χ1v) is 15.2. The largest absolute Gasteiger partial charge is 0.494 e. The number of amidine groups is 1. The number of ether oxygens (including phenoxy) is 1. The molecular weight excluding hydrogens is 562 g/mol. The molecule has 1 unspecified atom stereocenters. The second kappa shape index (κ2) is 12.7. The van der Waals surface area contributed by atoms with Crippen molar-refractivity contribution in [2.75, 3.05) is 18.6 Å². The monoisotopic (exact) mass is 596 g/mol. The number of carbonyl (C=O) groups is 2. The van der Waals surface area contributed by atoms with Crippen LogP contribution >= 0.6 is 11.8 Å². The van der Waals surface area contributed by atoms with E-state index in [9.17, 15) is 18.4 Å². The summed E-state index contributed by atoms with van der Waals surface area (Å²) in [6.07, 6.45) is 6.53. The number of halogens is 2. The summed E-state index contributed by atoms with van der Waals surface area (Å²) in [7, 11) is 1.40. The molecule has 0 radical (unpaired) electrons. The number of anilines is 1. The van der Waals surface area contributed by atoms with Gasteiger partial charge in [-0.2, -0.15) is 5.10 Å². The van der Waals surface area contributed by atoms with Crippen LogP contribution in [0.25, 0.3) is 11.1 Å². The van der Waals surface area contributed by atoms with Crippen LogP contribution < -0.4 is 20.4 Å². The standard InChI is InChI=1S/C28H28F2N6O3S.C2H6/c1-39-21-15-31-20(25(29)30)11-18(21)17-12-22(36-10-9-28(7-2-8-28)13-24(36)37)32-14-19(17)26(38)33-27-35-34-23(40-27)6-5-16-3-4-16;1-2/h11-12,14-16,23,25,34H,2-4,7-10,13H2,1H3,(H,33,35,38);1-2H3. The van der Waals surface area contributed by atoms with Crippen LogP contribution in [0, 0.1) is 23.2 Å². The summed E-state index contributed by atoms with van der Waals surface area (Å²) in [6.45, 7) is 4.51. The lowest BCUT2D eigenvalue weighted by atomic mass is 9.63. The summed E-state index contributed by atoms with van der Waals surface area (Å²) in [5, 5.41) is 7.00. The minimum Gasteiger partial charge on any atom is -0.494 e. The van der Waals surface area contributed by atoms with E-state index in [4.69, 9.17) is 4.74 Å². The molecule has 1 saturated heterocycles. The van der Waals surface area contributed by atoms with Crippen LogP contribution in [0.15, 0.2) is 29.6 Å². The van der Waals surface area contributed by atoms with Gasteiger partial charge in [-0.25, -0.2) is 13.8 Å². The average molecular weight is 597 g/mol. The van der Waals surface area contributed by atoms with Crippen LogP contribution in [0.1, 0.15) is 81.3 Å². The molecule has 1 spiro atoms. The Hall–Kier alpha value is -3.72. The van der Waals surface area contributed by atoms with Gasteiger partial charge in [0, 0.05) is 36.2 Å². The lowest BCUT2D eigenvalue weighted by Gasteiger charge is -2.47. The summed E-state index contributed by atoms with van der Waals surface area (Å²) in [4.78, 5) is 36.5. The highest BCUT2D eigenvalue weighted by atomic mass is 32.2. The van der Waals surface area contributed by atoms with Crippen molar-refractivity contribution in [3.8, 4) is 28.7 Å². The highest BCUT2D eigenvalue weighted by Crippen LogP contribution is 2.49. The number of pyridine rings is 2. The van der Waals surface area contributed by atoms with Gasteiger partial charge in [0.15, 0.2) is 10.5 Å². The Kier molecular flexibility index (Phi) is 8.96. The number of rotatable bonds is 5. The molecular formula is C30H34F2N6O3S. The maximum absolute atomic E-state index is 13.6. The molecule has 222 valence electrons. The average Bonchev–Trinajstić information content (AvgIpc) is 3.72. The van der Waals surface area contributed by atoms with Crippen LogP contribution in [-0.2, 0) is 4.79 Å². The first-order valence-electron chi connectivity index (χ1n) is 14.3. The second-order valence-electron chi connectivity index (χ2n) is 10.6. The Bertz CT molecular complexity index is 1450. The molecule has 2 aliphatic carbocycles. The molecule has 42 heavy (non-hydrogen) atoms. The molecule has 1 atom stereocenters. The highest BCUT2D eigenvalue weighted by molar-refractivity contribution is 8.14. The number of hydrogen-bond acceptors (Lipinski definition) is 8. The van der Waals surface area contributed by atoms with E-state index < -0.39 is 18.0 Å². The molecule has 4 heterocycles. The van der Waals surface area contributed by atoms with Crippen LogP contribution in [0.5, 0.6) is 5.75 Å². The Morgan fingerprint density at radius 1 is 1.17 bits per heavy atom. The number of amides is 2. The van der Waals surface area contributed by atoms with Gasteiger partial charge in [0.2, 0.25) is 5.91 Å². The van der Waals surface area contributed by atoms with Gasteiger partial charge in [0.05, 0.1) is 18.9 Å². The fourth-order valence-corrected chi connectivity index (χ4v) is 5.97. The fourth-order valence-electron chi connectivity index (χ4n) is 5.26. The van der Waals surface area contributed by atoms with E-state index in [1.54, 1.807) is 11.0 Å². The molecule has 2 aliphatic heterocycles. The Morgan fingerprint density at radius 2 is 1.95 bits per heavy atom. The normalized spacial score (nSPS) is 20.4. The third-order valence-electron chi connectivity index (χ3n) is 7.87. The number of hydrogen-bond donors (Lipinski definition) is 2. The number of aromatic nitrogens is 2. The summed E-state index contributed by atoms with van der Waals surface area (Å²) in [6, 6.07) is 2.79. The van der Waals surface area contributed by atoms with E-state index in [0.29, 0.717) is 35.4 Å². The van der Waals surface area contributed by atoms with Crippen molar-refractivity contribution < 1.29 is 23.1 Å². The van der Waals surface area contributed by atoms with Crippen LogP contribution in [0.3, 0.4) is 0 Å². The van der Waals surface area contributed by atoms with E-state index in [1.807, 2.05) is 13.8 Å². The van der Waals surface area contributed by atoms with E-state index >= 15 is 0 Å². The molecule has 3 fully saturated rings. The highest BCUT2D eigenvalue weighted by Gasteiger charge is 2.44. The number of alkyl halides is 2. The summed E-state index contributed by atoms with van der Waals surface area (Å²) in [5.74, 6) is 6.72. The van der Waals surface area contributed by atoms with Gasteiger partial charge in [-0.1, -0.05) is 32.1 Å². The molecule has 2 aromatic rings. The van der Waals surface area contributed by atoms with Crippen LogP contribution in [0.2, 0.25) is 0 Å². The third kappa shape index (κ3) is 6.36. The zero-order valence-corrected chi connectivity index (χ0v) is 24.7. The summed E-state index contributed by atoms with van der Waals surface area (Å²) in [5.41, 5.74) is 3.18. The Labute approximate surface area is 248 Å². The quantitative estimate of drug-likeness (QED) is 0.440. The topological polar surface area (TPSA) is 109 Å². The second-order valence-corrected chi connectivity index (χ2v) is 11.7. The molecule has 9 nitrogen and oxygen atoms in total. The Balaban J connectivity index is 0.00000173. The first kappa shape index (κ1) is 29.8. The number of hydrazone groups is 1. The lowest BCUT2D eigenvalue weighted by Crippen LogP contribution is -2.47. The number of thioether (sulfide) groups is 1. The van der Waals surface area contributed by atoms with Gasteiger partial charge in [-0.15, -0.1) is 0 Å². The van der Waals surface area contributed by atoms with E-state index in [-0.39, 0.29) is 33.6 Å². The Morgan fingerprint density at radius 3 is 2.60 bits per heavy atom. The van der Waals surface area contributed by atoms with Gasteiger partial charge >= 0.3 is 0 Å². The van der Waals surface area contributed by atoms with Gasteiger partial charge in [-0.05, 0) is 61.4 Å². The van der Waals surface area contributed by atoms with Crippen molar-refractivity contribution >= 4 is 34.6 Å². The maximum atomic E-state index is 13.6. The van der Waals surface area contributed by atoms with Gasteiger partial charge in [0.25, 0.3) is 12.3 Å². The number of piperidine rings is 1. The zero-order valence-electron chi connectivity index (χ0n) is 23.9. The number of nitrogens with one attached hydrogen (secondary N) is 2. The zero-order chi connectivity index (χ0) is 29.9. The molecule has 0 aromatic carbocycles. The summed E-state index contributed by atoms with van der Waals surface area (Å²) >= 11 is 1.28. The van der Waals surface area contributed by atoms with E-state index in [2.05, 4.69) is 37.7 Å². The van der Waals surface area contributed by atoms with Gasteiger partial charge in [-0.3, -0.25) is 30.2 Å². The third-order valence-corrected chi connectivity index (χ3v) is 8.74. The van der Waals surface area contributed by atoms with Crippen molar-refractivity contribution in [2.24, 2.45) is 16.4 Å². The minimum atomic E-state index is -2.82.